The quantitative estimate of drug-likeness (QED) is 0.857. The number of aromatic amines is 1. The van der Waals surface area contributed by atoms with Gasteiger partial charge >= 0.3 is 5.97 Å². The summed E-state index contributed by atoms with van der Waals surface area (Å²) in [4.78, 5) is 19.0. The zero-order chi connectivity index (χ0) is 12.8. The van der Waals surface area contributed by atoms with Crippen LogP contribution in [-0.4, -0.2) is 15.9 Å². The average Bonchev–Trinajstić information content (AvgIpc) is 2.92. The molecule has 0 spiro atoms. The van der Waals surface area contributed by atoms with Gasteiger partial charge in [0.15, 0.2) is 0 Å². The molecule has 0 aliphatic carbocycles. The Hall–Kier alpha value is -1.81. The molecule has 0 saturated carbocycles. The van der Waals surface area contributed by atoms with Crippen LogP contribution in [-0.2, 0) is 16.1 Å². The first-order valence-corrected chi connectivity index (χ1v) is 6.01. The van der Waals surface area contributed by atoms with Crippen molar-refractivity contribution in [2.24, 2.45) is 0 Å². The number of rotatable bonds is 5. The van der Waals surface area contributed by atoms with Crippen LogP contribution in [0.25, 0.3) is 0 Å². The first-order valence-electron chi connectivity index (χ1n) is 6.01. The van der Waals surface area contributed by atoms with E-state index in [1.807, 2.05) is 37.3 Å². The van der Waals surface area contributed by atoms with Gasteiger partial charge in [0.2, 0.25) is 0 Å². The van der Waals surface area contributed by atoms with Gasteiger partial charge in [0.25, 0.3) is 0 Å². The second-order valence-corrected chi connectivity index (χ2v) is 4.03. The molecule has 2 aromatic rings. The first kappa shape index (κ1) is 15.2. The molecule has 0 bridgehead atoms. The van der Waals surface area contributed by atoms with Crippen LogP contribution in [0, 0.1) is 0 Å². The van der Waals surface area contributed by atoms with Gasteiger partial charge in [-0.05, 0) is 12.0 Å². The summed E-state index contributed by atoms with van der Waals surface area (Å²) in [6, 6.07) is 9.64. The van der Waals surface area contributed by atoms with Gasteiger partial charge in [0.1, 0.15) is 18.3 Å². The van der Waals surface area contributed by atoms with E-state index in [0.29, 0.717) is 18.9 Å². The molecule has 0 aliphatic heterocycles. The van der Waals surface area contributed by atoms with Crippen molar-refractivity contribution in [2.75, 3.05) is 0 Å². The molecule has 0 radical (unpaired) electrons. The summed E-state index contributed by atoms with van der Waals surface area (Å²) in [7, 11) is 0. The van der Waals surface area contributed by atoms with Crippen LogP contribution in [0.1, 0.15) is 30.7 Å². The van der Waals surface area contributed by atoms with Gasteiger partial charge in [-0.25, -0.2) is 4.98 Å². The van der Waals surface area contributed by atoms with Crippen LogP contribution in [0.3, 0.4) is 0 Å². The number of carbonyl (C=O) groups excluding carboxylic acids is 1. The van der Waals surface area contributed by atoms with E-state index >= 15 is 0 Å². The van der Waals surface area contributed by atoms with Crippen molar-refractivity contribution in [2.45, 2.75) is 25.9 Å². The van der Waals surface area contributed by atoms with Crippen LogP contribution < -0.4 is 0 Å². The molecule has 5 heteroatoms. The van der Waals surface area contributed by atoms with Crippen molar-refractivity contribution in [1.29, 1.82) is 0 Å². The van der Waals surface area contributed by atoms with Gasteiger partial charge in [0, 0.05) is 12.4 Å². The van der Waals surface area contributed by atoms with Gasteiger partial charge in [0.05, 0.1) is 0 Å². The topological polar surface area (TPSA) is 55.0 Å². The fourth-order valence-corrected chi connectivity index (χ4v) is 1.77. The lowest BCUT2D eigenvalue weighted by molar-refractivity contribution is -0.147. The summed E-state index contributed by atoms with van der Waals surface area (Å²) in [5.41, 5.74) is 0.986. The van der Waals surface area contributed by atoms with Crippen LogP contribution >= 0.6 is 12.4 Å². The van der Waals surface area contributed by atoms with E-state index in [2.05, 4.69) is 9.97 Å². The summed E-state index contributed by atoms with van der Waals surface area (Å²) in [5, 5.41) is 0. The van der Waals surface area contributed by atoms with Gasteiger partial charge in [-0.2, -0.15) is 0 Å². The maximum Gasteiger partial charge on any atom is 0.316 e. The summed E-state index contributed by atoms with van der Waals surface area (Å²) in [6.45, 7) is 2.24. The third-order valence-corrected chi connectivity index (χ3v) is 2.77. The smallest absolute Gasteiger partial charge is 0.316 e. The van der Waals surface area contributed by atoms with Gasteiger partial charge in [-0.1, -0.05) is 37.3 Å². The number of nitrogens with zero attached hydrogens (tertiary/aromatic N) is 1. The van der Waals surface area contributed by atoms with Crippen molar-refractivity contribution in [3.8, 4) is 0 Å². The average molecular weight is 281 g/mol. The monoisotopic (exact) mass is 280 g/mol. The number of halogens is 1. The largest absolute Gasteiger partial charge is 0.460 e. The van der Waals surface area contributed by atoms with E-state index in [1.165, 1.54) is 0 Å². The number of aromatic nitrogens is 2. The Morgan fingerprint density at radius 1 is 1.37 bits per heavy atom. The fourth-order valence-electron chi connectivity index (χ4n) is 1.77. The van der Waals surface area contributed by atoms with Crippen molar-refractivity contribution in [1.82, 2.24) is 9.97 Å². The number of benzene rings is 1. The van der Waals surface area contributed by atoms with Gasteiger partial charge in [-0.3, -0.25) is 4.79 Å². The summed E-state index contributed by atoms with van der Waals surface area (Å²) in [6.07, 6.45) is 4.02. The minimum Gasteiger partial charge on any atom is -0.460 e. The SMILES string of the molecule is CCC(C(=O)OCc1ccccc1)c1ncc[nH]1.Cl. The molecule has 0 fully saturated rings. The van der Waals surface area contributed by atoms with Crippen LogP contribution in [0.2, 0.25) is 0 Å². The van der Waals surface area contributed by atoms with Crippen molar-refractivity contribution in [3.63, 3.8) is 0 Å². The Kier molecular flexibility index (Phi) is 6.09. The lowest BCUT2D eigenvalue weighted by Gasteiger charge is -2.11. The van der Waals surface area contributed by atoms with Gasteiger partial charge in [-0.15, -0.1) is 12.4 Å². The Balaban J connectivity index is 0.00000180. The predicted octanol–water partition coefficient (Wildman–Crippen LogP) is 3.07. The minimum atomic E-state index is -0.316. The molecule has 0 aliphatic rings. The van der Waals surface area contributed by atoms with Crippen molar-refractivity contribution >= 4 is 18.4 Å². The highest BCUT2D eigenvalue weighted by Gasteiger charge is 2.22. The molecule has 1 aromatic carbocycles. The van der Waals surface area contributed by atoms with E-state index in [1.54, 1.807) is 12.4 Å². The normalized spacial score (nSPS) is 11.4. The number of carbonyl (C=O) groups is 1. The number of esters is 1. The molecular formula is C14H17ClN2O2. The molecule has 1 aromatic heterocycles. The molecule has 0 saturated heterocycles. The van der Waals surface area contributed by atoms with E-state index < -0.39 is 0 Å². The molecule has 1 heterocycles. The highest BCUT2D eigenvalue weighted by atomic mass is 35.5. The molecular weight excluding hydrogens is 264 g/mol. The number of hydrogen-bond donors (Lipinski definition) is 1. The molecule has 4 nitrogen and oxygen atoms in total. The summed E-state index contributed by atoms with van der Waals surface area (Å²) < 4.78 is 5.31. The molecule has 19 heavy (non-hydrogen) atoms. The Morgan fingerprint density at radius 3 is 2.68 bits per heavy atom. The highest BCUT2D eigenvalue weighted by Crippen LogP contribution is 2.17. The number of H-pyrrole nitrogens is 1. The highest BCUT2D eigenvalue weighted by molar-refractivity contribution is 5.85. The Morgan fingerprint density at radius 2 is 2.11 bits per heavy atom. The van der Waals surface area contributed by atoms with E-state index in [9.17, 15) is 4.79 Å². The minimum absolute atomic E-state index is 0. The van der Waals surface area contributed by atoms with E-state index in [4.69, 9.17) is 4.74 Å². The second kappa shape index (κ2) is 7.59. The van der Waals surface area contributed by atoms with E-state index in [0.717, 1.165) is 5.56 Å². The van der Waals surface area contributed by atoms with Crippen LogP contribution in [0.15, 0.2) is 42.7 Å². The number of imidazole rings is 1. The Labute approximate surface area is 118 Å². The van der Waals surface area contributed by atoms with E-state index in [-0.39, 0.29) is 24.3 Å². The second-order valence-electron chi connectivity index (χ2n) is 4.03. The molecule has 1 atom stereocenters. The lowest BCUT2D eigenvalue weighted by Crippen LogP contribution is -2.16. The molecule has 1 unspecified atom stereocenters. The van der Waals surface area contributed by atoms with Crippen molar-refractivity contribution < 1.29 is 9.53 Å². The standard InChI is InChI=1S/C14H16N2O2.ClH/c1-2-12(13-15-8-9-16-13)14(17)18-10-11-6-4-3-5-7-11;/h3-9,12H,2,10H2,1H3,(H,15,16);1H. The van der Waals surface area contributed by atoms with Crippen molar-refractivity contribution in [3.05, 3.63) is 54.1 Å². The Bertz CT molecular complexity index is 485. The first-order chi connectivity index (χ1) is 8.81. The third-order valence-electron chi connectivity index (χ3n) is 2.77. The molecule has 2 rings (SSSR count). The zero-order valence-electron chi connectivity index (χ0n) is 10.7. The number of ether oxygens (including phenoxy) is 1. The maximum absolute atomic E-state index is 12.0. The molecule has 1 N–H and O–H groups in total. The summed E-state index contributed by atoms with van der Waals surface area (Å²) in [5.74, 6) is 0.107. The van der Waals surface area contributed by atoms with Crippen LogP contribution in [0.4, 0.5) is 0 Å². The maximum atomic E-state index is 12.0. The van der Waals surface area contributed by atoms with Gasteiger partial charge < -0.3 is 9.72 Å². The fraction of sp³-hybridized carbons (Fsp3) is 0.286. The van der Waals surface area contributed by atoms with Crippen LogP contribution in [0.5, 0.6) is 0 Å². The zero-order valence-corrected chi connectivity index (χ0v) is 11.5. The summed E-state index contributed by atoms with van der Waals surface area (Å²) >= 11 is 0. The number of nitrogens with one attached hydrogen (secondary N) is 1. The predicted molar refractivity (Wildman–Crippen MR) is 75.1 cm³/mol. The molecule has 102 valence electrons. The third kappa shape index (κ3) is 4.10. The lowest BCUT2D eigenvalue weighted by atomic mass is 10.1. The molecule has 0 amide bonds. The number of hydrogen-bond acceptors (Lipinski definition) is 3.